The number of carbonyl (C=O) groups is 2. The van der Waals surface area contributed by atoms with Crippen LogP contribution in [0.3, 0.4) is 0 Å². The van der Waals surface area contributed by atoms with Crippen LogP contribution in [0.4, 0.5) is 0 Å². The summed E-state index contributed by atoms with van der Waals surface area (Å²) >= 11 is 5.89. The molecule has 1 aromatic heterocycles. The molecule has 0 fully saturated rings. The number of ether oxygens (including phenoxy) is 2. The summed E-state index contributed by atoms with van der Waals surface area (Å²) in [5.41, 5.74) is -0.630. The Balaban J connectivity index is 3.30. The Morgan fingerprint density at radius 3 is 2.25 bits per heavy atom. The lowest BCUT2D eigenvalue weighted by atomic mass is 10.0. The molecule has 1 heterocycles. The molecule has 0 aliphatic carbocycles. The van der Waals surface area contributed by atoms with Gasteiger partial charge < -0.3 is 9.47 Å². The molecule has 0 aliphatic rings. The molecule has 0 radical (unpaired) electrons. The number of nitrogens with zero attached hydrogens (tertiary/aromatic N) is 2. The van der Waals surface area contributed by atoms with Crippen LogP contribution in [0.15, 0.2) is 11.0 Å². The number of hydrogen-bond acceptors (Lipinski definition) is 6. The highest BCUT2D eigenvalue weighted by molar-refractivity contribution is 6.31. The third-order valence-electron chi connectivity index (χ3n) is 2.46. The highest BCUT2D eigenvalue weighted by Gasteiger charge is 2.34. The minimum Gasteiger partial charge on any atom is -0.465 e. The number of esters is 2. The van der Waals surface area contributed by atoms with E-state index in [-0.39, 0.29) is 23.8 Å². The number of hydrogen-bond donors (Lipinski definition) is 0. The van der Waals surface area contributed by atoms with Crippen LogP contribution in [0.1, 0.15) is 25.3 Å². The Hall–Kier alpha value is -1.89. The van der Waals surface area contributed by atoms with E-state index >= 15 is 0 Å². The van der Waals surface area contributed by atoms with Crippen molar-refractivity contribution in [1.82, 2.24) is 9.78 Å². The minimum atomic E-state index is -1.41. The smallest absolute Gasteiger partial charge is 0.325 e. The van der Waals surface area contributed by atoms with Gasteiger partial charge >= 0.3 is 11.9 Å². The van der Waals surface area contributed by atoms with Gasteiger partial charge in [0, 0.05) is 12.6 Å². The van der Waals surface area contributed by atoms with Crippen LogP contribution in [0, 0.1) is 0 Å². The van der Waals surface area contributed by atoms with Crippen LogP contribution in [0.5, 0.6) is 0 Å². The standard InChI is InChI=1S/C12H15ClN2O5/c1-4-19-11(17)8(12(18)20-5-2)7-6-14-15(3)10(16)9(7)13/h6,8H,4-5H2,1-3H3. The molecular formula is C12H15ClN2O5. The SMILES string of the molecule is CCOC(=O)C(C(=O)OCC)c1cnn(C)c(=O)c1Cl. The van der Waals surface area contributed by atoms with Gasteiger partial charge in [-0.25, -0.2) is 4.68 Å². The molecule has 7 nitrogen and oxygen atoms in total. The molecule has 0 spiro atoms. The van der Waals surface area contributed by atoms with Crippen molar-refractivity contribution < 1.29 is 19.1 Å². The van der Waals surface area contributed by atoms with Gasteiger partial charge in [-0.15, -0.1) is 0 Å². The van der Waals surface area contributed by atoms with Crippen LogP contribution in [-0.4, -0.2) is 34.9 Å². The van der Waals surface area contributed by atoms with Crippen molar-refractivity contribution in [2.75, 3.05) is 13.2 Å². The average Bonchev–Trinajstić information content (AvgIpc) is 2.40. The maximum absolute atomic E-state index is 11.9. The molecule has 0 saturated carbocycles. The highest BCUT2D eigenvalue weighted by Crippen LogP contribution is 2.23. The van der Waals surface area contributed by atoms with Crippen LogP contribution in [0.25, 0.3) is 0 Å². The largest absolute Gasteiger partial charge is 0.465 e. The van der Waals surface area contributed by atoms with E-state index in [9.17, 15) is 14.4 Å². The van der Waals surface area contributed by atoms with E-state index in [0.717, 1.165) is 4.68 Å². The zero-order valence-corrected chi connectivity index (χ0v) is 12.1. The summed E-state index contributed by atoms with van der Waals surface area (Å²) < 4.78 is 10.6. The Morgan fingerprint density at radius 2 is 1.80 bits per heavy atom. The fourth-order valence-electron chi connectivity index (χ4n) is 1.53. The first-order valence-corrected chi connectivity index (χ1v) is 6.36. The van der Waals surface area contributed by atoms with Crippen molar-refractivity contribution in [3.05, 3.63) is 27.1 Å². The summed E-state index contributed by atoms with van der Waals surface area (Å²) in [6, 6.07) is 0. The van der Waals surface area contributed by atoms with E-state index < -0.39 is 23.4 Å². The summed E-state index contributed by atoms with van der Waals surface area (Å²) in [6.07, 6.45) is 1.18. The third kappa shape index (κ3) is 3.36. The number of carbonyl (C=O) groups excluding carboxylic acids is 2. The van der Waals surface area contributed by atoms with Gasteiger partial charge in [-0.05, 0) is 13.8 Å². The van der Waals surface area contributed by atoms with Gasteiger partial charge in [-0.1, -0.05) is 11.6 Å². The second-order valence-corrected chi connectivity index (χ2v) is 4.16. The molecule has 8 heteroatoms. The minimum absolute atomic E-state index is 0.0216. The van der Waals surface area contributed by atoms with Crippen molar-refractivity contribution >= 4 is 23.5 Å². The van der Waals surface area contributed by atoms with E-state index in [1.165, 1.54) is 13.2 Å². The molecule has 0 unspecified atom stereocenters. The van der Waals surface area contributed by atoms with Gasteiger partial charge in [-0.2, -0.15) is 5.10 Å². The zero-order valence-electron chi connectivity index (χ0n) is 11.4. The molecule has 110 valence electrons. The Kier molecular flexibility index (Phi) is 5.69. The van der Waals surface area contributed by atoms with Crippen LogP contribution < -0.4 is 5.56 Å². The molecule has 1 rings (SSSR count). The topological polar surface area (TPSA) is 87.5 Å². The van der Waals surface area contributed by atoms with E-state index in [4.69, 9.17) is 21.1 Å². The zero-order chi connectivity index (χ0) is 15.3. The molecule has 0 atom stereocenters. The van der Waals surface area contributed by atoms with Gasteiger partial charge in [0.25, 0.3) is 5.56 Å². The molecule has 0 aliphatic heterocycles. The summed E-state index contributed by atoms with van der Waals surface area (Å²) in [5, 5.41) is 3.49. The van der Waals surface area contributed by atoms with Crippen LogP contribution in [-0.2, 0) is 26.1 Å². The lowest BCUT2D eigenvalue weighted by Crippen LogP contribution is -2.30. The maximum Gasteiger partial charge on any atom is 0.325 e. The summed E-state index contributed by atoms with van der Waals surface area (Å²) in [7, 11) is 1.40. The Morgan fingerprint density at radius 1 is 1.30 bits per heavy atom. The van der Waals surface area contributed by atoms with E-state index in [1.54, 1.807) is 13.8 Å². The van der Waals surface area contributed by atoms with E-state index in [1.807, 2.05) is 0 Å². The normalized spacial score (nSPS) is 10.4. The Labute approximate surface area is 120 Å². The van der Waals surface area contributed by atoms with E-state index in [0.29, 0.717) is 0 Å². The van der Waals surface area contributed by atoms with Crippen molar-refractivity contribution in [2.24, 2.45) is 7.05 Å². The summed E-state index contributed by atoms with van der Waals surface area (Å²) in [4.78, 5) is 35.5. The van der Waals surface area contributed by atoms with Crippen molar-refractivity contribution in [3.8, 4) is 0 Å². The number of aryl methyl sites for hydroxylation is 1. The predicted molar refractivity (Wildman–Crippen MR) is 70.5 cm³/mol. The molecule has 0 amide bonds. The summed E-state index contributed by atoms with van der Waals surface area (Å²) in [6.45, 7) is 3.38. The quantitative estimate of drug-likeness (QED) is 0.586. The molecule has 0 bridgehead atoms. The fourth-order valence-corrected chi connectivity index (χ4v) is 1.81. The number of aromatic nitrogens is 2. The molecule has 20 heavy (non-hydrogen) atoms. The lowest BCUT2D eigenvalue weighted by Gasteiger charge is -2.15. The maximum atomic E-state index is 11.9. The molecule has 0 aromatic carbocycles. The number of halogens is 1. The molecule has 0 N–H and O–H groups in total. The first-order valence-electron chi connectivity index (χ1n) is 5.98. The predicted octanol–water partition coefficient (Wildman–Crippen LogP) is 0.643. The van der Waals surface area contributed by atoms with Gasteiger partial charge in [0.1, 0.15) is 5.02 Å². The first-order chi connectivity index (χ1) is 9.43. The Bertz CT molecular complexity index is 551. The molecule has 0 saturated heterocycles. The van der Waals surface area contributed by atoms with Crippen molar-refractivity contribution in [1.29, 1.82) is 0 Å². The first kappa shape index (κ1) is 16.2. The second-order valence-electron chi connectivity index (χ2n) is 3.78. The third-order valence-corrected chi connectivity index (χ3v) is 2.84. The van der Waals surface area contributed by atoms with Gasteiger partial charge in [-0.3, -0.25) is 14.4 Å². The average molecular weight is 303 g/mol. The molecule has 1 aromatic rings. The van der Waals surface area contributed by atoms with Gasteiger partial charge in [0.05, 0.1) is 19.4 Å². The fraction of sp³-hybridized carbons (Fsp3) is 0.500. The van der Waals surface area contributed by atoms with Gasteiger partial charge in [0.15, 0.2) is 5.92 Å². The molecular weight excluding hydrogens is 288 g/mol. The second kappa shape index (κ2) is 7.04. The number of rotatable bonds is 5. The lowest BCUT2D eigenvalue weighted by molar-refractivity contribution is -0.156. The summed E-state index contributed by atoms with van der Waals surface area (Å²) in [5.74, 6) is -3.07. The van der Waals surface area contributed by atoms with Crippen LogP contribution >= 0.6 is 11.6 Å². The monoisotopic (exact) mass is 302 g/mol. The van der Waals surface area contributed by atoms with Gasteiger partial charge in [0.2, 0.25) is 0 Å². The van der Waals surface area contributed by atoms with E-state index in [2.05, 4.69) is 5.10 Å². The van der Waals surface area contributed by atoms with Crippen molar-refractivity contribution in [3.63, 3.8) is 0 Å². The van der Waals surface area contributed by atoms with Crippen LogP contribution in [0.2, 0.25) is 5.02 Å². The highest BCUT2D eigenvalue weighted by atomic mass is 35.5. The van der Waals surface area contributed by atoms with Crippen molar-refractivity contribution in [2.45, 2.75) is 19.8 Å².